The van der Waals surface area contributed by atoms with Crippen molar-refractivity contribution < 1.29 is 42.2 Å². The van der Waals surface area contributed by atoms with Crippen LogP contribution in [0, 0.1) is 11.7 Å². The number of hydroxylamine groups is 2. The molecular weight excluding hydrogens is 510 g/mol. The maximum absolute atomic E-state index is 13.8. The Labute approximate surface area is 216 Å². The smallest absolute Gasteiger partial charge is 0.416 e. The second-order valence-electron chi connectivity index (χ2n) is 9.70. The lowest BCUT2D eigenvalue weighted by Gasteiger charge is -2.43. The predicted octanol–water partition coefficient (Wildman–Crippen LogP) is 4.22. The molecule has 1 fully saturated rings. The second kappa shape index (κ2) is 11.6. The van der Waals surface area contributed by atoms with Crippen molar-refractivity contribution in [1.82, 2.24) is 10.0 Å². The highest BCUT2D eigenvalue weighted by Crippen LogP contribution is 2.37. The number of alkyl halides is 3. The monoisotopic (exact) mass is 539 g/mol. The van der Waals surface area contributed by atoms with Gasteiger partial charge in [0.1, 0.15) is 17.7 Å². The first-order chi connectivity index (χ1) is 18.0. The zero-order valence-electron chi connectivity index (χ0n) is 20.5. The number of carbonyl (C=O) groups excluding carboxylic acids is 1. The Balaban J connectivity index is 1.42. The molecule has 2 aliphatic rings. The Morgan fingerprint density at radius 3 is 2.66 bits per heavy atom. The molecule has 12 heteroatoms. The van der Waals surface area contributed by atoms with E-state index in [2.05, 4.69) is 16.4 Å². The van der Waals surface area contributed by atoms with Crippen LogP contribution in [0.15, 0.2) is 30.3 Å². The molecule has 8 nitrogen and oxygen atoms in total. The van der Waals surface area contributed by atoms with Crippen LogP contribution < -0.4 is 5.32 Å². The van der Waals surface area contributed by atoms with Crippen LogP contribution in [0.1, 0.15) is 59.3 Å². The number of fused-ring (bicyclic) bond motifs is 1. The van der Waals surface area contributed by atoms with E-state index in [0.29, 0.717) is 31.4 Å². The fraction of sp³-hybridized carbons (Fsp3) is 0.500. The molecule has 38 heavy (non-hydrogen) atoms. The molecule has 0 spiro atoms. The van der Waals surface area contributed by atoms with Crippen LogP contribution in [0.4, 0.5) is 23.4 Å². The molecule has 0 amide bonds. The first-order valence-corrected chi connectivity index (χ1v) is 12.5. The first kappa shape index (κ1) is 27.8. The molecule has 3 N–H and O–H groups in total. The molecule has 1 atom stereocenters. The number of rotatable bonds is 10. The van der Waals surface area contributed by atoms with Crippen LogP contribution in [0.5, 0.6) is 0 Å². The molecule has 2 aromatic rings. The van der Waals surface area contributed by atoms with Gasteiger partial charge >= 0.3 is 18.1 Å². The lowest BCUT2D eigenvalue weighted by Crippen LogP contribution is -2.53. The SMILES string of the molecule is O=C(ON(C1CC(CCc2ccc3c(n2)NCCC3)C1)[C@@H](CCO)C(=O)O)c1cc(F)cc(C(F)(F)F)c1. The molecule has 1 aromatic heterocycles. The van der Waals surface area contributed by atoms with Gasteiger partial charge in [0.05, 0.1) is 11.1 Å². The highest BCUT2D eigenvalue weighted by Gasteiger charge is 2.42. The van der Waals surface area contributed by atoms with E-state index >= 15 is 0 Å². The number of aliphatic hydroxyl groups is 1. The van der Waals surface area contributed by atoms with E-state index < -0.39 is 53.7 Å². The molecule has 0 bridgehead atoms. The van der Waals surface area contributed by atoms with Gasteiger partial charge in [-0.25, -0.2) is 14.2 Å². The summed E-state index contributed by atoms with van der Waals surface area (Å²) in [5.74, 6) is -2.87. The molecule has 206 valence electrons. The largest absolute Gasteiger partial charge is 0.480 e. The Morgan fingerprint density at radius 1 is 1.21 bits per heavy atom. The third kappa shape index (κ3) is 6.60. The molecular formula is C26H29F4N3O5. The van der Waals surface area contributed by atoms with Crippen LogP contribution >= 0.6 is 0 Å². The van der Waals surface area contributed by atoms with Crippen molar-refractivity contribution in [2.45, 2.75) is 63.2 Å². The zero-order valence-corrected chi connectivity index (χ0v) is 20.5. The topological polar surface area (TPSA) is 112 Å². The number of carboxylic acids is 1. The summed E-state index contributed by atoms with van der Waals surface area (Å²) in [6.07, 6.45) is -0.691. The Hall–Kier alpha value is -3.25. The fourth-order valence-corrected chi connectivity index (χ4v) is 4.90. The predicted molar refractivity (Wildman–Crippen MR) is 128 cm³/mol. The number of aryl methyl sites for hydroxylation is 2. The van der Waals surface area contributed by atoms with Gasteiger partial charge in [0.25, 0.3) is 0 Å². The summed E-state index contributed by atoms with van der Waals surface area (Å²) in [4.78, 5) is 34.5. The number of hydrogen-bond donors (Lipinski definition) is 3. The molecule has 0 radical (unpaired) electrons. The minimum Gasteiger partial charge on any atom is -0.480 e. The lowest BCUT2D eigenvalue weighted by atomic mass is 9.76. The molecule has 2 heterocycles. The quantitative estimate of drug-likeness (QED) is 0.304. The summed E-state index contributed by atoms with van der Waals surface area (Å²) < 4.78 is 53.0. The van der Waals surface area contributed by atoms with Gasteiger partial charge in [-0.1, -0.05) is 6.07 Å². The van der Waals surface area contributed by atoms with Gasteiger partial charge in [-0.05, 0) is 80.7 Å². The number of halogens is 4. The average Bonchev–Trinajstić information content (AvgIpc) is 2.84. The molecule has 1 aromatic carbocycles. The standard InChI is InChI=1S/C26H29F4N3O5/c27-19-13-17(12-18(14-19)26(28,29)30)25(37)38-33(22(7-9-34)24(35)36)21-10-15(11-21)3-5-20-6-4-16-2-1-8-31-23(16)32-20/h4,6,12-15,21-22,34H,1-3,5,7-11H2,(H,31,32)(H,35,36)/t15?,21?,22-/m0/s1. The maximum Gasteiger partial charge on any atom is 0.416 e. The molecule has 1 aliphatic heterocycles. The van der Waals surface area contributed by atoms with E-state index in [-0.39, 0.29) is 18.4 Å². The minimum absolute atomic E-state index is 0.182. The van der Waals surface area contributed by atoms with Crippen molar-refractivity contribution in [3.63, 3.8) is 0 Å². The van der Waals surface area contributed by atoms with E-state index in [9.17, 15) is 37.4 Å². The number of aliphatic hydroxyl groups excluding tert-OH is 1. The number of carbonyl (C=O) groups is 2. The highest BCUT2D eigenvalue weighted by molar-refractivity contribution is 5.89. The first-order valence-electron chi connectivity index (χ1n) is 12.5. The number of aliphatic carboxylic acids is 1. The average molecular weight is 540 g/mol. The summed E-state index contributed by atoms with van der Waals surface area (Å²) in [5, 5.41) is 23.2. The van der Waals surface area contributed by atoms with Crippen molar-refractivity contribution in [3.8, 4) is 0 Å². The summed E-state index contributed by atoms with van der Waals surface area (Å²) in [6.45, 7) is 0.366. The fourth-order valence-electron chi connectivity index (χ4n) is 4.90. The van der Waals surface area contributed by atoms with Gasteiger partial charge in [-0.3, -0.25) is 4.79 Å². The summed E-state index contributed by atoms with van der Waals surface area (Å²) in [7, 11) is 0. The number of anilines is 1. The van der Waals surface area contributed by atoms with Crippen molar-refractivity contribution >= 4 is 17.8 Å². The lowest BCUT2D eigenvalue weighted by molar-refractivity contribution is -0.204. The van der Waals surface area contributed by atoms with E-state index in [1.807, 2.05) is 6.07 Å². The Kier molecular flexibility index (Phi) is 8.51. The summed E-state index contributed by atoms with van der Waals surface area (Å²) in [5.41, 5.74) is 0.0554. The molecule has 4 rings (SSSR count). The van der Waals surface area contributed by atoms with Crippen molar-refractivity contribution in [2.24, 2.45) is 5.92 Å². The van der Waals surface area contributed by atoms with Crippen LogP contribution in [0.2, 0.25) is 0 Å². The third-order valence-corrected chi connectivity index (χ3v) is 6.98. The number of benzene rings is 1. The molecule has 0 unspecified atom stereocenters. The normalized spacial score (nSPS) is 19.7. The van der Waals surface area contributed by atoms with Gasteiger partial charge in [0.15, 0.2) is 0 Å². The maximum atomic E-state index is 13.8. The van der Waals surface area contributed by atoms with Gasteiger partial charge in [0.2, 0.25) is 0 Å². The van der Waals surface area contributed by atoms with Crippen molar-refractivity contribution in [3.05, 3.63) is 58.5 Å². The van der Waals surface area contributed by atoms with Crippen LogP contribution in [-0.2, 0) is 28.7 Å². The molecule has 1 aliphatic carbocycles. The third-order valence-electron chi connectivity index (χ3n) is 6.98. The number of hydrogen-bond acceptors (Lipinski definition) is 7. The minimum atomic E-state index is -4.89. The molecule has 1 saturated carbocycles. The van der Waals surface area contributed by atoms with Gasteiger partial charge in [-0.2, -0.15) is 13.2 Å². The Morgan fingerprint density at radius 2 is 1.97 bits per heavy atom. The van der Waals surface area contributed by atoms with Gasteiger partial charge < -0.3 is 20.4 Å². The second-order valence-corrected chi connectivity index (χ2v) is 9.70. The van der Waals surface area contributed by atoms with E-state index in [4.69, 9.17) is 4.84 Å². The van der Waals surface area contributed by atoms with E-state index in [0.717, 1.165) is 42.4 Å². The van der Waals surface area contributed by atoms with Gasteiger partial charge in [0, 0.05) is 24.9 Å². The molecule has 0 saturated heterocycles. The van der Waals surface area contributed by atoms with E-state index in [1.54, 1.807) is 0 Å². The summed E-state index contributed by atoms with van der Waals surface area (Å²) in [6, 6.07) is 3.43. The van der Waals surface area contributed by atoms with Gasteiger partial charge in [-0.15, -0.1) is 5.06 Å². The number of pyridine rings is 1. The van der Waals surface area contributed by atoms with Crippen molar-refractivity contribution in [1.29, 1.82) is 0 Å². The number of nitrogens with zero attached hydrogens (tertiary/aromatic N) is 2. The summed E-state index contributed by atoms with van der Waals surface area (Å²) >= 11 is 0. The number of nitrogens with one attached hydrogen (secondary N) is 1. The number of carboxylic acid groups (broad SMARTS) is 1. The zero-order chi connectivity index (χ0) is 27.4. The highest BCUT2D eigenvalue weighted by atomic mass is 19.4. The number of aromatic nitrogens is 1. The van der Waals surface area contributed by atoms with Crippen molar-refractivity contribution in [2.75, 3.05) is 18.5 Å². The Bertz CT molecular complexity index is 1170. The van der Waals surface area contributed by atoms with E-state index in [1.165, 1.54) is 5.56 Å². The van der Waals surface area contributed by atoms with Crippen LogP contribution in [0.25, 0.3) is 0 Å². The van der Waals surface area contributed by atoms with Crippen LogP contribution in [0.3, 0.4) is 0 Å². The van der Waals surface area contributed by atoms with Crippen LogP contribution in [-0.4, -0.2) is 57.4 Å².